The first kappa shape index (κ1) is 8.71. The monoisotopic (exact) mass is 164 g/mol. The summed E-state index contributed by atoms with van der Waals surface area (Å²) in [7, 11) is 0. The molecular weight excluding hydrogens is 154 g/mol. The molecule has 1 aliphatic heterocycles. The van der Waals surface area contributed by atoms with Gasteiger partial charge in [-0.25, -0.2) is 0 Å². The van der Waals surface area contributed by atoms with Gasteiger partial charge in [-0.15, -0.1) is 6.58 Å². The van der Waals surface area contributed by atoms with Crippen LogP contribution >= 0.6 is 0 Å². The Hall–Kier alpha value is -1.38. The van der Waals surface area contributed by atoms with E-state index in [0.29, 0.717) is 11.1 Å². The molecule has 0 aromatic rings. The van der Waals surface area contributed by atoms with E-state index < -0.39 is 0 Å². The van der Waals surface area contributed by atoms with Crippen LogP contribution in [-0.4, -0.2) is 16.7 Å². The molecule has 0 bridgehead atoms. The van der Waals surface area contributed by atoms with Crippen LogP contribution in [0.5, 0.6) is 0 Å². The number of nitrogens with zero attached hydrogens (tertiary/aromatic N) is 1. The summed E-state index contributed by atoms with van der Waals surface area (Å²) in [4.78, 5) is 23.6. The predicted molar refractivity (Wildman–Crippen MR) is 44.7 cm³/mol. The molecule has 3 nitrogen and oxygen atoms in total. The highest BCUT2D eigenvalue weighted by atomic mass is 16.2. The zero-order valence-electron chi connectivity index (χ0n) is 7.13. The van der Waals surface area contributed by atoms with E-state index in [1.165, 1.54) is 12.6 Å². The first-order valence-corrected chi connectivity index (χ1v) is 3.61. The molecule has 0 saturated heterocycles. The molecule has 0 N–H and O–H groups in total. The number of hydrogen-bond acceptors (Lipinski definition) is 2. The van der Waals surface area contributed by atoms with Crippen LogP contribution in [0.25, 0.3) is 0 Å². The maximum Gasteiger partial charge on any atom is 0.257 e. The molecule has 0 spiro atoms. The lowest BCUT2D eigenvalue weighted by molar-refractivity contribution is -0.135. The summed E-state index contributed by atoms with van der Waals surface area (Å²) in [6, 6.07) is 0. The minimum atomic E-state index is -0.252. The van der Waals surface area contributed by atoms with Gasteiger partial charge >= 0.3 is 0 Å². The second-order valence-corrected chi connectivity index (χ2v) is 2.62. The summed E-state index contributed by atoms with van der Waals surface area (Å²) in [5.41, 5.74) is 1.02. The zero-order valence-corrected chi connectivity index (χ0v) is 7.13. The smallest absolute Gasteiger partial charge is 0.257 e. The second kappa shape index (κ2) is 2.93. The van der Waals surface area contributed by atoms with Gasteiger partial charge in [0.1, 0.15) is 0 Å². The van der Waals surface area contributed by atoms with Crippen LogP contribution in [0.2, 0.25) is 0 Å². The Morgan fingerprint density at radius 3 is 1.92 bits per heavy atom. The molecule has 1 radical (unpaired) electrons. The van der Waals surface area contributed by atoms with Crippen molar-refractivity contribution in [2.24, 2.45) is 0 Å². The van der Waals surface area contributed by atoms with Crippen LogP contribution < -0.4 is 0 Å². The number of rotatable bonds is 2. The van der Waals surface area contributed by atoms with Crippen molar-refractivity contribution >= 4 is 11.8 Å². The number of hydrogen-bond donors (Lipinski definition) is 0. The summed E-state index contributed by atoms with van der Waals surface area (Å²) in [5.74, 6) is -0.505. The zero-order chi connectivity index (χ0) is 9.30. The van der Waals surface area contributed by atoms with Crippen molar-refractivity contribution in [2.75, 3.05) is 0 Å². The van der Waals surface area contributed by atoms with Crippen LogP contribution in [0.4, 0.5) is 0 Å². The van der Waals surface area contributed by atoms with Crippen molar-refractivity contribution in [1.82, 2.24) is 4.90 Å². The summed E-state index contributed by atoms with van der Waals surface area (Å²) in [6.45, 7) is 8.09. The van der Waals surface area contributed by atoms with E-state index in [2.05, 4.69) is 6.58 Å². The number of carbonyl (C=O) groups excluding carboxylic acids is 2. The van der Waals surface area contributed by atoms with Gasteiger partial charge in [0.25, 0.3) is 11.8 Å². The predicted octanol–water partition coefficient (Wildman–Crippen LogP) is 1.04. The van der Waals surface area contributed by atoms with E-state index >= 15 is 0 Å². The average Bonchev–Trinajstić information content (AvgIpc) is 2.23. The third-order valence-corrected chi connectivity index (χ3v) is 1.90. The van der Waals surface area contributed by atoms with E-state index in [9.17, 15) is 9.59 Å². The molecule has 0 saturated carbocycles. The minimum absolute atomic E-state index is 0.252. The molecule has 1 heterocycles. The lowest BCUT2D eigenvalue weighted by Crippen LogP contribution is -2.27. The van der Waals surface area contributed by atoms with Gasteiger partial charge in [-0.1, -0.05) is 6.08 Å². The van der Waals surface area contributed by atoms with Crippen LogP contribution in [0, 0.1) is 6.54 Å². The summed E-state index contributed by atoms with van der Waals surface area (Å²) in [5, 5.41) is 0. The lowest BCUT2D eigenvalue weighted by atomic mass is 10.2. The molecule has 1 aliphatic rings. The molecule has 0 unspecified atom stereocenters. The molecule has 3 heteroatoms. The molecule has 12 heavy (non-hydrogen) atoms. The summed E-state index contributed by atoms with van der Waals surface area (Å²) >= 11 is 0. The van der Waals surface area contributed by atoms with Gasteiger partial charge < -0.3 is 0 Å². The van der Waals surface area contributed by atoms with Crippen LogP contribution in [0.15, 0.2) is 23.8 Å². The fraction of sp³-hybridized carbons (Fsp3) is 0.222. The highest BCUT2D eigenvalue weighted by Gasteiger charge is 2.32. The Balaban J connectivity index is 2.95. The second-order valence-electron chi connectivity index (χ2n) is 2.62. The molecule has 0 aromatic heterocycles. The van der Waals surface area contributed by atoms with Crippen molar-refractivity contribution in [3.63, 3.8) is 0 Å². The highest BCUT2D eigenvalue weighted by Crippen LogP contribution is 2.20. The van der Waals surface area contributed by atoms with E-state index in [0.717, 1.165) is 4.90 Å². The van der Waals surface area contributed by atoms with E-state index in [-0.39, 0.29) is 11.8 Å². The molecule has 2 amide bonds. The molecule has 0 fully saturated rings. The Kier molecular flexibility index (Phi) is 2.13. The van der Waals surface area contributed by atoms with Gasteiger partial charge in [0, 0.05) is 11.1 Å². The molecule has 1 rings (SSSR count). The fourth-order valence-electron chi connectivity index (χ4n) is 1.02. The Morgan fingerprint density at radius 2 is 1.58 bits per heavy atom. The first-order valence-electron chi connectivity index (χ1n) is 3.61. The number of carbonyl (C=O) groups is 2. The van der Waals surface area contributed by atoms with Crippen LogP contribution in [0.3, 0.4) is 0 Å². The quantitative estimate of drug-likeness (QED) is 0.572. The lowest BCUT2D eigenvalue weighted by Gasteiger charge is -2.09. The molecular formula is C9H10NO2. The van der Waals surface area contributed by atoms with Crippen molar-refractivity contribution in [2.45, 2.75) is 13.8 Å². The van der Waals surface area contributed by atoms with Gasteiger partial charge in [-0.2, -0.15) is 0 Å². The molecule has 0 aromatic carbocycles. The van der Waals surface area contributed by atoms with Gasteiger partial charge in [-0.3, -0.25) is 14.5 Å². The summed E-state index contributed by atoms with van der Waals surface area (Å²) in [6.07, 6.45) is 1.42. The maximum atomic E-state index is 11.3. The van der Waals surface area contributed by atoms with Crippen molar-refractivity contribution in [1.29, 1.82) is 0 Å². The molecule has 0 atom stereocenters. The largest absolute Gasteiger partial charge is 0.269 e. The Morgan fingerprint density at radius 1 is 1.17 bits per heavy atom. The Bertz CT molecular complexity index is 265. The SMILES string of the molecule is C=C[CH]N1C(=O)C(C)=C(C)C1=O. The van der Waals surface area contributed by atoms with Gasteiger partial charge in [0.05, 0.1) is 6.54 Å². The third-order valence-electron chi connectivity index (χ3n) is 1.90. The number of imide groups is 1. The molecule has 0 aliphatic carbocycles. The van der Waals surface area contributed by atoms with E-state index in [1.54, 1.807) is 13.8 Å². The Labute approximate surface area is 71.4 Å². The average molecular weight is 164 g/mol. The van der Waals surface area contributed by atoms with Crippen molar-refractivity contribution in [3.8, 4) is 0 Å². The summed E-state index contributed by atoms with van der Waals surface area (Å²) < 4.78 is 0. The topological polar surface area (TPSA) is 37.4 Å². The van der Waals surface area contributed by atoms with Gasteiger partial charge in [0.15, 0.2) is 0 Å². The first-order chi connectivity index (χ1) is 5.59. The van der Waals surface area contributed by atoms with Crippen molar-refractivity contribution < 1.29 is 9.59 Å². The fourth-order valence-corrected chi connectivity index (χ4v) is 1.02. The van der Waals surface area contributed by atoms with E-state index in [4.69, 9.17) is 0 Å². The van der Waals surface area contributed by atoms with Crippen LogP contribution in [0.1, 0.15) is 13.8 Å². The minimum Gasteiger partial charge on any atom is -0.269 e. The highest BCUT2D eigenvalue weighted by molar-refractivity contribution is 6.19. The van der Waals surface area contributed by atoms with E-state index in [1.807, 2.05) is 0 Å². The number of amides is 2. The normalized spacial score (nSPS) is 17.7. The van der Waals surface area contributed by atoms with Crippen LogP contribution in [-0.2, 0) is 9.59 Å². The maximum absolute atomic E-state index is 11.3. The third kappa shape index (κ3) is 1.07. The molecule has 63 valence electrons. The van der Waals surface area contributed by atoms with Gasteiger partial charge in [-0.05, 0) is 13.8 Å². The van der Waals surface area contributed by atoms with Gasteiger partial charge in [0.2, 0.25) is 0 Å². The standard InChI is InChI=1S/C9H10NO2/c1-4-5-10-8(11)6(2)7(3)9(10)12/h4-5H,1H2,2-3H3. The van der Waals surface area contributed by atoms with Crippen molar-refractivity contribution in [3.05, 3.63) is 30.3 Å².